The maximum atomic E-state index is 12.8. The van der Waals surface area contributed by atoms with E-state index in [2.05, 4.69) is 22.8 Å². The van der Waals surface area contributed by atoms with Crippen molar-refractivity contribution in [3.8, 4) is 0 Å². The van der Waals surface area contributed by atoms with E-state index in [0.717, 1.165) is 37.2 Å². The molecule has 25 heavy (non-hydrogen) atoms. The monoisotopic (exact) mass is 341 g/mol. The number of anilines is 1. The van der Waals surface area contributed by atoms with E-state index in [1.807, 2.05) is 13.0 Å². The zero-order valence-corrected chi connectivity index (χ0v) is 14.4. The normalized spacial score (nSPS) is 27.4. The molecule has 6 heteroatoms. The number of carbonyl (C=O) groups excluding carboxylic acids is 3. The van der Waals surface area contributed by atoms with E-state index in [4.69, 9.17) is 0 Å². The van der Waals surface area contributed by atoms with Gasteiger partial charge in [-0.25, -0.2) is 0 Å². The van der Waals surface area contributed by atoms with Crippen molar-refractivity contribution in [1.29, 1.82) is 0 Å². The molecule has 0 saturated carbocycles. The summed E-state index contributed by atoms with van der Waals surface area (Å²) in [6.07, 6.45) is 2.88. The Labute approximate surface area is 147 Å². The van der Waals surface area contributed by atoms with Crippen LogP contribution >= 0.6 is 0 Å². The largest absolute Gasteiger partial charge is 0.317 e. The SMILES string of the molecule is CC1C(=O)N(C2CCC(=O)NC2=O)c2ccc(C3CCNCC3)cc21. The molecule has 3 heterocycles. The van der Waals surface area contributed by atoms with Crippen molar-refractivity contribution in [1.82, 2.24) is 10.6 Å². The van der Waals surface area contributed by atoms with Gasteiger partial charge in [0.15, 0.2) is 0 Å². The van der Waals surface area contributed by atoms with E-state index < -0.39 is 6.04 Å². The summed E-state index contributed by atoms with van der Waals surface area (Å²) in [7, 11) is 0. The molecule has 0 aliphatic carbocycles. The minimum absolute atomic E-state index is 0.0491. The van der Waals surface area contributed by atoms with Gasteiger partial charge in [-0.05, 0) is 62.4 Å². The number of amides is 3. The summed E-state index contributed by atoms with van der Waals surface area (Å²) >= 11 is 0. The number of piperidine rings is 2. The fraction of sp³-hybridized carbons (Fsp3) is 0.526. The van der Waals surface area contributed by atoms with E-state index >= 15 is 0 Å². The fourth-order valence-corrected chi connectivity index (χ4v) is 4.26. The Morgan fingerprint density at radius 2 is 1.84 bits per heavy atom. The topological polar surface area (TPSA) is 78.5 Å². The van der Waals surface area contributed by atoms with Gasteiger partial charge in [-0.1, -0.05) is 12.1 Å². The number of nitrogens with zero attached hydrogens (tertiary/aromatic N) is 1. The Hall–Kier alpha value is -2.21. The van der Waals surface area contributed by atoms with Crippen LogP contribution in [0.1, 0.15) is 55.6 Å². The molecule has 0 aromatic heterocycles. The molecule has 2 unspecified atom stereocenters. The van der Waals surface area contributed by atoms with Gasteiger partial charge in [0.1, 0.15) is 6.04 Å². The number of imide groups is 1. The third-order valence-corrected chi connectivity index (χ3v) is 5.72. The van der Waals surface area contributed by atoms with Crippen molar-refractivity contribution < 1.29 is 14.4 Å². The molecule has 3 aliphatic heterocycles. The van der Waals surface area contributed by atoms with Crippen molar-refractivity contribution in [2.24, 2.45) is 0 Å². The van der Waals surface area contributed by atoms with Crippen molar-refractivity contribution in [3.05, 3.63) is 29.3 Å². The minimum Gasteiger partial charge on any atom is -0.317 e. The third-order valence-electron chi connectivity index (χ3n) is 5.72. The van der Waals surface area contributed by atoms with Crippen LogP contribution in [-0.4, -0.2) is 36.9 Å². The van der Waals surface area contributed by atoms with Crippen molar-refractivity contribution >= 4 is 23.4 Å². The second-order valence-electron chi connectivity index (χ2n) is 7.24. The van der Waals surface area contributed by atoms with Gasteiger partial charge in [-0.2, -0.15) is 0 Å². The van der Waals surface area contributed by atoms with Gasteiger partial charge in [-0.15, -0.1) is 0 Å². The second kappa shape index (κ2) is 6.26. The highest BCUT2D eigenvalue weighted by Gasteiger charge is 2.43. The summed E-state index contributed by atoms with van der Waals surface area (Å²) in [4.78, 5) is 38.1. The van der Waals surface area contributed by atoms with Crippen LogP contribution in [0.4, 0.5) is 5.69 Å². The average Bonchev–Trinajstić information content (AvgIpc) is 2.87. The maximum Gasteiger partial charge on any atom is 0.249 e. The summed E-state index contributed by atoms with van der Waals surface area (Å²) in [5, 5.41) is 5.73. The van der Waals surface area contributed by atoms with E-state index in [1.165, 1.54) is 5.56 Å². The highest BCUT2D eigenvalue weighted by molar-refractivity contribution is 6.11. The summed E-state index contributed by atoms with van der Waals surface area (Å²) in [6, 6.07) is 5.65. The Bertz CT molecular complexity index is 739. The molecule has 2 atom stereocenters. The van der Waals surface area contributed by atoms with Crippen LogP contribution in [0.3, 0.4) is 0 Å². The summed E-state index contributed by atoms with van der Waals surface area (Å²) < 4.78 is 0. The predicted octanol–water partition coefficient (Wildman–Crippen LogP) is 1.41. The first kappa shape index (κ1) is 16.3. The molecule has 0 radical (unpaired) electrons. The van der Waals surface area contributed by atoms with E-state index in [1.54, 1.807) is 4.90 Å². The number of rotatable bonds is 2. The minimum atomic E-state index is -0.585. The number of fused-ring (bicyclic) bond motifs is 1. The van der Waals surface area contributed by atoms with E-state index in [0.29, 0.717) is 12.3 Å². The molecule has 2 saturated heterocycles. The number of nitrogens with one attached hydrogen (secondary N) is 2. The molecule has 6 nitrogen and oxygen atoms in total. The Kier molecular flexibility index (Phi) is 4.07. The van der Waals surface area contributed by atoms with Crippen LogP contribution in [0.2, 0.25) is 0 Å². The maximum absolute atomic E-state index is 12.8. The zero-order valence-electron chi connectivity index (χ0n) is 14.4. The lowest BCUT2D eigenvalue weighted by Gasteiger charge is -2.30. The standard InChI is InChI=1S/C19H23N3O3/c1-11-14-10-13(12-6-8-20-9-7-12)2-3-15(14)22(19(11)25)16-4-5-17(23)21-18(16)24/h2-3,10-12,16,20H,4-9H2,1H3,(H,21,23,24). The predicted molar refractivity (Wildman–Crippen MR) is 93.4 cm³/mol. The van der Waals surface area contributed by atoms with Crippen LogP contribution in [0.15, 0.2) is 18.2 Å². The Morgan fingerprint density at radius 1 is 1.08 bits per heavy atom. The summed E-state index contributed by atoms with van der Waals surface area (Å²) in [5.41, 5.74) is 3.11. The van der Waals surface area contributed by atoms with Crippen LogP contribution in [0.5, 0.6) is 0 Å². The van der Waals surface area contributed by atoms with Crippen LogP contribution in [0, 0.1) is 0 Å². The second-order valence-corrected chi connectivity index (χ2v) is 7.24. The lowest BCUT2D eigenvalue weighted by atomic mass is 9.88. The molecular formula is C19H23N3O3. The van der Waals surface area contributed by atoms with Gasteiger partial charge in [0.2, 0.25) is 17.7 Å². The molecule has 2 fully saturated rings. The number of benzene rings is 1. The highest BCUT2D eigenvalue weighted by Crippen LogP contribution is 2.41. The van der Waals surface area contributed by atoms with Crippen LogP contribution in [0.25, 0.3) is 0 Å². The van der Waals surface area contributed by atoms with Crippen molar-refractivity contribution in [2.75, 3.05) is 18.0 Å². The number of hydrogen-bond donors (Lipinski definition) is 2. The molecule has 0 spiro atoms. The molecule has 132 valence electrons. The molecular weight excluding hydrogens is 318 g/mol. The molecule has 1 aromatic rings. The first-order valence-electron chi connectivity index (χ1n) is 9.07. The van der Waals surface area contributed by atoms with Gasteiger partial charge >= 0.3 is 0 Å². The average molecular weight is 341 g/mol. The molecule has 3 amide bonds. The lowest BCUT2D eigenvalue weighted by molar-refractivity contribution is -0.135. The Morgan fingerprint density at radius 3 is 2.56 bits per heavy atom. The van der Waals surface area contributed by atoms with Crippen LogP contribution in [-0.2, 0) is 14.4 Å². The number of hydrogen-bond acceptors (Lipinski definition) is 4. The first-order chi connectivity index (χ1) is 12.1. The number of carbonyl (C=O) groups is 3. The highest BCUT2D eigenvalue weighted by atomic mass is 16.2. The van der Waals surface area contributed by atoms with Gasteiger partial charge in [0.05, 0.1) is 5.92 Å². The van der Waals surface area contributed by atoms with E-state index in [-0.39, 0.29) is 30.1 Å². The van der Waals surface area contributed by atoms with Gasteiger partial charge < -0.3 is 5.32 Å². The van der Waals surface area contributed by atoms with Crippen LogP contribution < -0.4 is 15.5 Å². The molecule has 2 N–H and O–H groups in total. The first-order valence-corrected chi connectivity index (χ1v) is 9.07. The van der Waals surface area contributed by atoms with Crippen molar-refractivity contribution in [3.63, 3.8) is 0 Å². The smallest absolute Gasteiger partial charge is 0.249 e. The zero-order chi connectivity index (χ0) is 17.6. The lowest BCUT2D eigenvalue weighted by Crippen LogP contribution is -2.53. The van der Waals surface area contributed by atoms with Gasteiger partial charge in [-0.3, -0.25) is 24.6 Å². The van der Waals surface area contributed by atoms with Gasteiger partial charge in [0, 0.05) is 12.1 Å². The summed E-state index contributed by atoms with van der Waals surface area (Å²) in [5.74, 6) is -0.401. The third kappa shape index (κ3) is 2.74. The quantitative estimate of drug-likeness (QED) is 0.797. The molecule has 1 aromatic carbocycles. The molecule has 3 aliphatic rings. The fourth-order valence-electron chi connectivity index (χ4n) is 4.26. The molecule has 4 rings (SSSR count). The molecule has 0 bridgehead atoms. The summed E-state index contributed by atoms with van der Waals surface area (Å²) in [6.45, 7) is 3.95. The van der Waals surface area contributed by atoms with Gasteiger partial charge in [0.25, 0.3) is 0 Å². The van der Waals surface area contributed by atoms with Crippen molar-refractivity contribution in [2.45, 2.75) is 50.5 Å². The Balaban J connectivity index is 1.66. The van der Waals surface area contributed by atoms with E-state index in [9.17, 15) is 14.4 Å².